The van der Waals surface area contributed by atoms with Gasteiger partial charge in [0.2, 0.25) is 0 Å². The fourth-order valence-electron chi connectivity index (χ4n) is 2.30. The average Bonchev–Trinajstić information content (AvgIpc) is 3.05. The van der Waals surface area contributed by atoms with Gasteiger partial charge in [0.15, 0.2) is 5.69 Å². The van der Waals surface area contributed by atoms with Gasteiger partial charge in [-0.1, -0.05) is 5.16 Å². The lowest BCUT2D eigenvalue weighted by Crippen LogP contribution is -2.33. The number of aromatic nitrogens is 1. The molecule has 6 heteroatoms. The highest BCUT2D eigenvalue weighted by Gasteiger charge is 2.25. The first-order chi connectivity index (χ1) is 9.74. The molecule has 0 bridgehead atoms. The minimum Gasteiger partial charge on any atom is -0.468 e. The quantitative estimate of drug-likeness (QED) is 0.851. The summed E-state index contributed by atoms with van der Waals surface area (Å²) in [5, 5.41) is 4.12. The summed E-state index contributed by atoms with van der Waals surface area (Å²) in [5.74, 6) is 2.49. The van der Waals surface area contributed by atoms with E-state index < -0.39 is 0 Å². The number of nitrogens with zero attached hydrogens (tertiary/aromatic N) is 2. The lowest BCUT2D eigenvalue weighted by Gasteiger charge is -2.18. The van der Waals surface area contributed by atoms with Crippen molar-refractivity contribution >= 4 is 17.7 Å². The van der Waals surface area contributed by atoms with Gasteiger partial charge in [0.05, 0.1) is 11.5 Å². The van der Waals surface area contributed by atoms with Crippen LogP contribution in [0.25, 0.3) is 0 Å². The molecule has 1 atom stereocenters. The van der Waals surface area contributed by atoms with Gasteiger partial charge in [-0.25, -0.2) is 0 Å². The third kappa shape index (κ3) is 2.75. The molecule has 0 spiro atoms. The lowest BCUT2D eigenvalue weighted by molar-refractivity contribution is 0.0755. The molecule has 2 aromatic rings. The molecule has 1 fully saturated rings. The minimum absolute atomic E-state index is 0.0532. The highest BCUT2D eigenvalue weighted by atomic mass is 32.2. The maximum absolute atomic E-state index is 12.3. The molecule has 2 aromatic heterocycles. The first-order valence-electron chi connectivity index (χ1n) is 6.61. The van der Waals surface area contributed by atoms with E-state index in [1.807, 2.05) is 28.8 Å². The van der Waals surface area contributed by atoms with E-state index in [1.54, 1.807) is 19.3 Å². The van der Waals surface area contributed by atoms with Crippen molar-refractivity contribution in [2.45, 2.75) is 18.6 Å². The molecule has 1 unspecified atom stereocenters. The van der Waals surface area contributed by atoms with Crippen molar-refractivity contribution in [2.24, 2.45) is 0 Å². The van der Waals surface area contributed by atoms with Gasteiger partial charge < -0.3 is 13.8 Å². The van der Waals surface area contributed by atoms with Crippen LogP contribution in [0.4, 0.5) is 0 Å². The summed E-state index contributed by atoms with van der Waals surface area (Å²) >= 11 is 1.83. The molecule has 0 saturated carbocycles. The lowest BCUT2D eigenvalue weighted by atomic mass is 10.2. The third-order valence-electron chi connectivity index (χ3n) is 3.34. The first-order valence-corrected chi connectivity index (χ1v) is 7.66. The largest absolute Gasteiger partial charge is 0.468 e. The molecule has 3 heterocycles. The zero-order valence-corrected chi connectivity index (χ0v) is 12.1. The van der Waals surface area contributed by atoms with Crippen LogP contribution in [0.15, 0.2) is 33.4 Å². The van der Waals surface area contributed by atoms with Gasteiger partial charge in [0.1, 0.15) is 11.5 Å². The Morgan fingerprint density at radius 1 is 1.50 bits per heavy atom. The van der Waals surface area contributed by atoms with E-state index in [9.17, 15) is 4.79 Å². The van der Waals surface area contributed by atoms with E-state index >= 15 is 0 Å². The Kier molecular flexibility index (Phi) is 3.82. The second kappa shape index (κ2) is 5.75. The molecular formula is C14H16N2O3S. The Morgan fingerprint density at radius 2 is 2.40 bits per heavy atom. The molecule has 0 aromatic carbocycles. The number of thioether (sulfide) groups is 1. The summed E-state index contributed by atoms with van der Waals surface area (Å²) < 4.78 is 10.4. The van der Waals surface area contributed by atoms with Crippen molar-refractivity contribution in [1.82, 2.24) is 10.1 Å². The Labute approximate surface area is 121 Å². The SMILES string of the molecule is Cc1cc(C(=O)N2CCSC(c3ccco3)CC2)no1. The number of furan rings is 1. The fraction of sp³-hybridized carbons (Fsp3) is 0.429. The molecule has 20 heavy (non-hydrogen) atoms. The number of hydrogen-bond acceptors (Lipinski definition) is 5. The summed E-state index contributed by atoms with van der Waals surface area (Å²) in [6.45, 7) is 3.23. The van der Waals surface area contributed by atoms with Gasteiger partial charge in [-0.2, -0.15) is 0 Å². The van der Waals surface area contributed by atoms with Crippen LogP contribution >= 0.6 is 11.8 Å². The zero-order valence-electron chi connectivity index (χ0n) is 11.2. The second-order valence-corrected chi connectivity index (χ2v) is 6.09. The van der Waals surface area contributed by atoms with Crippen LogP contribution in [0, 0.1) is 6.92 Å². The summed E-state index contributed by atoms with van der Waals surface area (Å²) in [6.07, 6.45) is 2.59. The average molecular weight is 292 g/mol. The molecule has 1 aliphatic heterocycles. The number of aryl methyl sites for hydroxylation is 1. The van der Waals surface area contributed by atoms with Crippen LogP contribution in [0.5, 0.6) is 0 Å². The van der Waals surface area contributed by atoms with E-state index in [2.05, 4.69) is 5.16 Å². The van der Waals surface area contributed by atoms with Crippen LogP contribution in [0.3, 0.4) is 0 Å². The Balaban J connectivity index is 1.66. The highest BCUT2D eigenvalue weighted by Crippen LogP contribution is 2.34. The number of amides is 1. The molecule has 0 radical (unpaired) electrons. The maximum atomic E-state index is 12.3. The molecule has 0 N–H and O–H groups in total. The highest BCUT2D eigenvalue weighted by molar-refractivity contribution is 7.99. The molecular weight excluding hydrogens is 276 g/mol. The first kappa shape index (κ1) is 13.3. The Hall–Kier alpha value is -1.69. The predicted octanol–water partition coefficient (Wildman–Crippen LogP) is 2.90. The van der Waals surface area contributed by atoms with Crippen molar-refractivity contribution in [3.05, 3.63) is 41.7 Å². The van der Waals surface area contributed by atoms with Crippen LogP contribution in [-0.2, 0) is 0 Å². The summed E-state index contributed by atoms with van der Waals surface area (Å²) in [7, 11) is 0. The summed E-state index contributed by atoms with van der Waals surface area (Å²) in [6, 6.07) is 5.59. The molecule has 106 valence electrons. The van der Waals surface area contributed by atoms with Crippen LogP contribution in [-0.4, -0.2) is 34.8 Å². The molecule has 5 nitrogen and oxygen atoms in total. The van der Waals surface area contributed by atoms with E-state index in [1.165, 1.54) is 0 Å². The van der Waals surface area contributed by atoms with Crippen molar-refractivity contribution in [3.63, 3.8) is 0 Å². The smallest absolute Gasteiger partial charge is 0.276 e. The third-order valence-corrected chi connectivity index (χ3v) is 4.62. The van der Waals surface area contributed by atoms with Gasteiger partial charge in [-0.15, -0.1) is 11.8 Å². The van der Waals surface area contributed by atoms with Crippen LogP contribution in [0.2, 0.25) is 0 Å². The zero-order chi connectivity index (χ0) is 13.9. The van der Waals surface area contributed by atoms with E-state index in [0.717, 1.165) is 24.5 Å². The Bertz CT molecular complexity index is 579. The molecule has 1 saturated heterocycles. The van der Waals surface area contributed by atoms with Gasteiger partial charge >= 0.3 is 0 Å². The second-order valence-electron chi connectivity index (χ2n) is 4.78. The number of hydrogen-bond donors (Lipinski definition) is 0. The normalized spacial score (nSPS) is 19.9. The van der Waals surface area contributed by atoms with Crippen molar-refractivity contribution < 1.29 is 13.7 Å². The molecule has 3 rings (SSSR count). The van der Waals surface area contributed by atoms with E-state index in [0.29, 0.717) is 23.2 Å². The standard InChI is InChI=1S/C14H16N2O3S/c1-10-9-11(15-19-10)14(17)16-5-4-13(20-8-6-16)12-3-2-7-18-12/h2-3,7,9,13H,4-6,8H2,1H3. The van der Waals surface area contributed by atoms with Crippen molar-refractivity contribution in [1.29, 1.82) is 0 Å². The fourth-order valence-corrected chi connectivity index (χ4v) is 3.49. The number of carbonyl (C=O) groups excluding carboxylic acids is 1. The van der Waals surface area contributed by atoms with Gasteiger partial charge in [-0.3, -0.25) is 4.79 Å². The predicted molar refractivity (Wildman–Crippen MR) is 75.7 cm³/mol. The van der Waals surface area contributed by atoms with Gasteiger partial charge in [0.25, 0.3) is 5.91 Å². The number of carbonyl (C=O) groups is 1. The topological polar surface area (TPSA) is 59.5 Å². The number of rotatable bonds is 2. The van der Waals surface area contributed by atoms with Crippen molar-refractivity contribution in [3.8, 4) is 0 Å². The van der Waals surface area contributed by atoms with Crippen molar-refractivity contribution in [2.75, 3.05) is 18.8 Å². The summed E-state index contributed by atoms with van der Waals surface area (Å²) in [4.78, 5) is 14.2. The Morgan fingerprint density at radius 3 is 3.10 bits per heavy atom. The molecule has 1 aliphatic rings. The summed E-state index contributed by atoms with van der Waals surface area (Å²) in [5.41, 5.74) is 0.393. The monoisotopic (exact) mass is 292 g/mol. The minimum atomic E-state index is -0.0532. The van der Waals surface area contributed by atoms with Gasteiger partial charge in [-0.05, 0) is 25.5 Å². The van der Waals surface area contributed by atoms with E-state index in [-0.39, 0.29) is 5.91 Å². The van der Waals surface area contributed by atoms with Crippen LogP contribution < -0.4 is 0 Å². The van der Waals surface area contributed by atoms with Gasteiger partial charge in [0, 0.05) is 24.9 Å². The maximum Gasteiger partial charge on any atom is 0.276 e. The van der Waals surface area contributed by atoms with E-state index in [4.69, 9.17) is 8.94 Å². The van der Waals surface area contributed by atoms with Crippen LogP contribution in [0.1, 0.15) is 33.7 Å². The molecule has 0 aliphatic carbocycles. The molecule has 1 amide bonds.